The molecule has 3 aliphatic rings. The van der Waals surface area contributed by atoms with Crippen LogP contribution in [0, 0.1) is 11.8 Å². The number of hydrogen-bond acceptors (Lipinski definition) is 2. The lowest BCUT2D eigenvalue weighted by Crippen LogP contribution is -2.69. The van der Waals surface area contributed by atoms with E-state index in [1.165, 1.54) is 25.7 Å². The van der Waals surface area contributed by atoms with Gasteiger partial charge in [0, 0.05) is 6.54 Å². The van der Waals surface area contributed by atoms with Crippen LogP contribution >= 0.6 is 0 Å². The molecule has 2 amide bonds. The quantitative estimate of drug-likeness (QED) is 0.843. The van der Waals surface area contributed by atoms with Gasteiger partial charge in [0.15, 0.2) is 0 Å². The van der Waals surface area contributed by atoms with Gasteiger partial charge >= 0.3 is 0 Å². The van der Waals surface area contributed by atoms with Crippen LogP contribution in [0.4, 0.5) is 0 Å². The molecule has 4 heteroatoms. The molecule has 3 fully saturated rings. The minimum atomic E-state index is -0.637. The summed E-state index contributed by atoms with van der Waals surface area (Å²) in [5.41, 5.74) is -0.637. The zero-order valence-corrected chi connectivity index (χ0v) is 11.9. The Morgan fingerprint density at radius 2 is 1.84 bits per heavy atom. The first kappa shape index (κ1) is 12.9. The van der Waals surface area contributed by atoms with E-state index in [-0.39, 0.29) is 17.9 Å². The molecule has 106 valence electrons. The molecule has 0 radical (unpaired) electrons. The van der Waals surface area contributed by atoms with Gasteiger partial charge in [-0.2, -0.15) is 0 Å². The molecule has 2 unspecified atom stereocenters. The summed E-state index contributed by atoms with van der Waals surface area (Å²) in [5, 5.41) is 2.98. The molecular weight excluding hydrogens is 240 g/mol. The molecular formula is C15H24N2O2. The predicted octanol–water partition coefficient (Wildman–Crippen LogP) is 1.69. The highest BCUT2D eigenvalue weighted by atomic mass is 16.2. The second-order valence-corrected chi connectivity index (χ2v) is 6.75. The zero-order valence-electron chi connectivity index (χ0n) is 11.9. The van der Waals surface area contributed by atoms with Crippen molar-refractivity contribution < 1.29 is 9.59 Å². The van der Waals surface area contributed by atoms with Crippen molar-refractivity contribution in [1.29, 1.82) is 0 Å². The van der Waals surface area contributed by atoms with Gasteiger partial charge in [0.1, 0.15) is 11.6 Å². The van der Waals surface area contributed by atoms with E-state index in [0.717, 1.165) is 19.4 Å². The van der Waals surface area contributed by atoms with E-state index < -0.39 is 5.54 Å². The van der Waals surface area contributed by atoms with Gasteiger partial charge in [-0.1, -0.05) is 12.8 Å². The third-order valence-corrected chi connectivity index (χ3v) is 5.26. The van der Waals surface area contributed by atoms with Crippen molar-refractivity contribution in [2.75, 3.05) is 6.54 Å². The van der Waals surface area contributed by atoms with Crippen LogP contribution in [0.1, 0.15) is 52.4 Å². The van der Waals surface area contributed by atoms with E-state index in [1.807, 2.05) is 18.7 Å². The van der Waals surface area contributed by atoms with Crippen LogP contribution < -0.4 is 5.32 Å². The van der Waals surface area contributed by atoms with Crippen molar-refractivity contribution in [2.24, 2.45) is 11.8 Å². The smallest absolute Gasteiger partial charge is 0.249 e. The fourth-order valence-corrected chi connectivity index (χ4v) is 3.68. The summed E-state index contributed by atoms with van der Waals surface area (Å²) in [6.45, 7) is 4.54. The fourth-order valence-electron chi connectivity index (χ4n) is 3.68. The Morgan fingerprint density at radius 1 is 1.21 bits per heavy atom. The van der Waals surface area contributed by atoms with Gasteiger partial charge in [0.25, 0.3) is 0 Å². The maximum absolute atomic E-state index is 12.8. The van der Waals surface area contributed by atoms with Crippen LogP contribution in [-0.4, -0.2) is 34.8 Å². The van der Waals surface area contributed by atoms with E-state index in [2.05, 4.69) is 5.32 Å². The number of hydrogen-bond donors (Lipinski definition) is 1. The van der Waals surface area contributed by atoms with Crippen LogP contribution in [0.2, 0.25) is 0 Å². The first-order valence-electron chi connectivity index (χ1n) is 7.65. The minimum Gasteiger partial charge on any atom is -0.340 e. The van der Waals surface area contributed by atoms with Crippen molar-refractivity contribution in [3.63, 3.8) is 0 Å². The Bertz CT molecular complexity index is 399. The molecule has 1 aliphatic heterocycles. The molecule has 0 aromatic heterocycles. The molecule has 2 saturated carbocycles. The Labute approximate surface area is 114 Å². The van der Waals surface area contributed by atoms with Crippen molar-refractivity contribution in [1.82, 2.24) is 10.2 Å². The Hall–Kier alpha value is -1.06. The van der Waals surface area contributed by atoms with Gasteiger partial charge in [-0.25, -0.2) is 0 Å². The highest BCUT2D eigenvalue weighted by Crippen LogP contribution is 2.42. The van der Waals surface area contributed by atoms with E-state index >= 15 is 0 Å². The number of nitrogens with zero attached hydrogens (tertiary/aromatic N) is 1. The predicted molar refractivity (Wildman–Crippen MR) is 72.4 cm³/mol. The molecule has 1 saturated heterocycles. The summed E-state index contributed by atoms with van der Waals surface area (Å²) in [6.07, 6.45) is 7.08. The molecule has 1 heterocycles. The number of carbonyl (C=O) groups excluding carboxylic acids is 2. The monoisotopic (exact) mass is 264 g/mol. The largest absolute Gasteiger partial charge is 0.340 e. The van der Waals surface area contributed by atoms with Gasteiger partial charge in [0.2, 0.25) is 11.8 Å². The van der Waals surface area contributed by atoms with E-state index in [1.54, 1.807) is 0 Å². The number of amides is 2. The molecule has 0 bridgehead atoms. The van der Waals surface area contributed by atoms with Crippen LogP contribution in [0.25, 0.3) is 0 Å². The molecule has 2 aliphatic carbocycles. The first-order chi connectivity index (χ1) is 9.02. The summed E-state index contributed by atoms with van der Waals surface area (Å²) in [7, 11) is 0. The molecule has 0 spiro atoms. The van der Waals surface area contributed by atoms with Gasteiger partial charge < -0.3 is 10.2 Å². The van der Waals surface area contributed by atoms with Crippen molar-refractivity contribution >= 4 is 11.8 Å². The number of rotatable bonds is 3. The lowest BCUT2D eigenvalue weighted by atomic mass is 9.89. The fraction of sp³-hybridized carbons (Fsp3) is 0.867. The van der Waals surface area contributed by atoms with Crippen molar-refractivity contribution in [3.05, 3.63) is 0 Å². The Morgan fingerprint density at radius 3 is 2.42 bits per heavy atom. The Balaban J connectivity index is 1.78. The molecule has 3 rings (SSSR count). The van der Waals surface area contributed by atoms with Gasteiger partial charge in [-0.05, 0) is 51.4 Å². The van der Waals surface area contributed by atoms with Gasteiger partial charge in [-0.15, -0.1) is 0 Å². The Kier molecular flexibility index (Phi) is 3.06. The summed E-state index contributed by atoms with van der Waals surface area (Å²) >= 11 is 0. The maximum atomic E-state index is 12.8. The van der Waals surface area contributed by atoms with Gasteiger partial charge in [-0.3, -0.25) is 9.59 Å². The molecule has 19 heavy (non-hydrogen) atoms. The zero-order chi connectivity index (χ0) is 13.6. The van der Waals surface area contributed by atoms with E-state index in [0.29, 0.717) is 11.8 Å². The van der Waals surface area contributed by atoms with Crippen molar-refractivity contribution in [2.45, 2.75) is 64.0 Å². The van der Waals surface area contributed by atoms with Crippen LogP contribution in [0.15, 0.2) is 0 Å². The van der Waals surface area contributed by atoms with E-state index in [9.17, 15) is 9.59 Å². The summed E-state index contributed by atoms with van der Waals surface area (Å²) in [6, 6.07) is -0.306. The molecule has 1 N–H and O–H groups in total. The molecule has 4 nitrogen and oxygen atoms in total. The number of carbonyl (C=O) groups is 2. The summed E-state index contributed by atoms with van der Waals surface area (Å²) in [4.78, 5) is 26.8. The lowest BCUT2D eigenvalue weighted by molar-refractivity contribution is -0.155. The standard InChI is InChI=1S/C15H24N2O2/c1-10-13(18)16-15(2,12-7-8-12)14(19)17(10)9-11-5-3-4-6-11/h10-12H,3-9H2,1-2H3,(H,16,18). The maximum Gasteiger partial charge on any atom is 0.249 e. The minimum absolute atomic E-state index is 0.0204. The van der Waals surface area contributed by atoms with E-state index in [4.69, 9.17) is 0 Å². The first-order valence-corrected chi connectivity index (χ1v) is 7.65. The van der Waals surface area contributed by atoms with Crippen LogP contribution in [-0.2, 0) is 9.59 Å². The number of piperazine rings is 1. The number of nitrogens with one attached hydrogen (secondary N) is 1. The average Bonchev–Trinajstić information content (AvgIpc) is 3.12. The highest BCUT2D eigenvalue weighted by Gasteiger charge is 2.54. The third kappa shape index (κ3) is 2.15. The highest BCUT2D eigenvalue weighted by molar-refractivity contribution is 5.99. The molecule has 2 atom stereocenters. The topological polar surface area (TPSA) is 49.4 Å². The average molecular weight is 264 g/mol. The summed E-state index contributed by atoms with van der Waals surface area (Å²) < 4.78 is 0. The normalized spacial score (nSPS) is 36.7. The second-order valence-electron chi connectivity index (χ2n) is 6.75. The second kappa shape index (κ2) is 4.50. The molecule has 0 aromatic rings. The van der Waals surface area contributed by atoms with Crippen LogP contribution in [0.3, 0.4) is 0 Å². The van der Waals surface area contributed by atoms with Crippen LogP contribution in [0.5, 0.6) is 0 Å². The van der Waals surface area contributed by atoms with Gasteiger partial charge in [0.05, 0.1) is 0 Å². The molecule has 0 aromatic carbocycles. The SMILES string of the molecule is CC1C(=O)NC(C)(C2CC2)C(=O)N1CC1CCCC1. The third-order valence-electron chi connectivity index (χ3n) is 5.26. The lowest BCUT2D eigenvalue weighted by Gasteiger charge is -2.44. The van der Waals surface area contributed by atoms with Crippen molar-refractivity contribution in [3.8, 4) is 0 Å². The summed E-state index contributed by atoms with van der Waals surface area (Å²) in [5.74, 6) is 1.12.